The maximum Gasteiger partial charge on any atom is 0.292 e. The number of benzene rings is 1. The molecule has 0 radical (unpaired) electrons. The van der Waals surface area contributed by atoms with Gasteiger partial charge in [-0.05, 0) is 17.1 Å². The van der Waals surface area contributed by atoms with Crippen LogP contribution in [0.3, 0.4) is 0 Å². The van der Waals surface area contributed by atoms with E-state index in [2.05, 4.69) is 12.1 Å². The summed E-state index contributed by atoms with van der Waals surface area (Å²) in [5.74, 6) is 0.355. The molecule has 5 heteroatoms. The van der Waals surface area contributed by atoms with E-state index >= 15 is 0 Å². The Hall–Kier alpha value is -2.30. The van der Waals surface area contributed by atoms with Gasteiger partial charge in [0.2, 0.25) is 5.76 Å². The van der Waals surface area contributed by atoms with Crippen LogP contribution in [0.2, 0.25) is 0 Å². The molecule has 0 spiro atoms. The minimum absolute atomic E-state index is 0.175. The highest BCUT2D eigenvalue weighted by Gasteiger charge is 2.17. The van der Waals surface area contributed by atoms with Gasteiger partial charge in [-0.3, -0.25) is 4.79 Å². The van der Waals surface area contributed by atoms with Crippen LogP contribution in [0.25, 0.3) is 0 Å². The van der Waals surface area contributed by atoms with Crippen molar-refractivity contribution in [1.82, 2.24) is 10.1 Å². The van der Waals surface area contributed by atoms with E-state index in [4.69, 9.17) is 9.26 Å². The third-order valence-electron chi connectivity index (χ3n) is 3.12. The van der Waals surface area contributed by atoms with Crippen LogP contribution in [-0.4, -0.2) is 29.6 Å². The van der Waals surface area contributed by atoms with Crippen LogP contribution in [0.15, 0.2) is 40.9 Å². The first-order valence-electron chi connectivity index (χ1n) is 7.09. The molecule has 0 aliphatic heterocycles. The standard InChI is InChI=1S/C16H20N2O3/c1-3-4-10-18(2)16(19)14-11-15(17-21-14)20-12-13-8-6-5-7-9-13/h5-9,11H,3-4,10,12H2,1-2H3. The third-order valence-corrected chi connectivity index (χ3v) is 3.12. The summed E-state index contributed by atoms with van der Waals surface area (Å²) in [5, 5.41) is 3.77. The van der Waals surface area contributed by atoms with Crippen molar-refractivity contribution in [2.45, 2.75) is 26.4 Å². The number of carbonyl (C=O) groups is 1. The first kappa shape index (κ1) is 15.1. The molecule has 0 unspecified atom stereocenters. The zero-order valence-corrected chi connectivity index (χ0v) is 12.4. The van der Waals surface area contributed by atoms with Gasteiger partial charge in [0, 0.05) is 13.6 Å². The zero-order chi connectivity index (χ0) is 15.1. The molecular weight excluding hydrogens is 268 g/mol. The molecule has 0 saturated heterocycles. The van der Waals surface area contributed by atoms with Crippen LogP contribution in [0.5, 0.6) is 5.88 Å². The molecular formula is C16H20N2O3. The van der Waals surface area contributed by atoms with Crippen LogP contribution in [0.1, 0.15) is 35.9 Å². The van der Waals surface area contributed by atoms with Gasteiger partial charge in [0.05, 0.1) is 6.07 Å². The predicted octanol–water partition coefficient (Wildman–Crippen LogP) is 3.13. The van der Waals surface area contributed by atoms with Crippen molar-refractivity contribution in [3.05, 3.63) is 47.7 Å². The Morgan fingerprint density at radius 1 is 1.33 bits per heavy atom. The van der Waals surface area contributed by atoms with Crippen molar-refractivity contribution in [2.75, 3.05) is 13.6 Å². The van der Waals surface area contributed by atoms with Gasteiger partial charge >= 0.3 is 0 Å². The summed E-state index contributed by atoms with van der Waals surface area (Å²) in [6.45, 7) is 3.19. The average molecular weight is 288 g/mol. The smallest absolute Gasteiger partial charge is 0.292 e. The van der Waals surface area contributed by atoms with Gasteiger partial charge in [-0.1, -0.05) is 43.7 Å². The number of rotatable bonds is 7. The van der Waals surface area contributed by atoms with E-state index in [0.717, 1.165) is 18.4 Å². The molecule has 21 heavy (non-hydrogen) atoms. The number of hydrogen-bond donors (Lipinski definition) is 0. The Morgan fingerprint density at radius 2 is 2.10 bits per heavy atom. The Morgan fingerprint density at radius 3 is 2.81 bits per heavy atom. The molecule has 1 aromatic heterocycles. The second-order valence-electron chi connectivity index (χ2n) is 4.88. The SMILES string of the molecule is CCCCN(C)C(=O)c1cc(OCc2ccccc2)no1. The first-order chi connectivity index (χ1) is 10.2. The molecule has 0 fully saturated rings. The van der Waals surface area contributed by atoms with E-state index in [0.29, 0.717) is 19.0 Å². The summed E-state index contributed by atoms with van der Waals surface area (Å²) in [6.07, 6.45) is 2.01. The van der Waals surface area contributed by atoms with Gasteiger partial charge in [-0.2, -0.15) is 0 Å². The molecule has 0 aliphatic carbocycles. The second-order valence-corrected chi connectivity index (χ2v) is 4.88. The summed E-state index contributed by atoms with van der Waals surface area (Å²) in [5.41, 5.74) is 1.04. The quantitative estimate of drug-likeness (QED) is 0.785. The molecule has 2 rings (SSSR count). The number of ether oxygens (including phenoxy) is 1. The van der Waals surface area contributed by atoms with E-state index in [1.54, 1.807) is 11.9 Å². The summed E-state index contributed by atoms with van der Waals surface area (Å²) in [4.78, 5) is 13.7. The molecule has 0 N–H and O–H groups in total. The monoisotopic (exact) mass is 288 g/mol. The lowest BCUT2D eigenvalue weighted by atomic mass is 10.2. The second kappa shape index (κ2) is 7.47. The van der Waals surface area contributed by atoms with Crippen LogP contribution in [0.4, 0.5) is 0 Å². The largest absolute Gasteiger partial charge is 0.471 e. The highest BCUT2D eigenvalue weighted by molar-refractivity contribution is 5.91. The highest BCUT2D eigenvalue weighted by Crippen LogP contribution is 2.15. The molecule has 1 amide bonds. The Kier molecular flexibility index (Phi) is 5.37. The number of amides is 1. The maximum atomic E-state index is 12.1. The topological polar surface area (TPSA) is 55.6 Å². The van der Waals surface area contributed by atoms with E-state index < -0.39 is 0 Å². The molecule has 0 bridgehead atoms. The Bertz CT molecular complexity index is 566. The van der Waals surface area contributed by atoms with E-state index in [-0.39, 0.29) is 11.7 Å². The molecule has 5 nitrogen and oxygen atoms in total. The lowest BCUT2D eigenvalue weighted by molar-refractivity contribution is 0.0751. The van der Waals surface area contributed by atoms with Crippen molar-refractivity contribution in [3.63, 3.8) is 0 Å². The lowest BCUT2D eigenvalue weighted by Gasteiger charge is -2.13. The number of hydrogen-bond acceptors (Lipinski definition) is 4. The molecule has 1 heterocycles. The number of aromatic nitrogens is 1. The Balaban J connectivity index is 1.90. The number of carbonyl (C=O) groups excluding carboxylic acids is 1. The van der Waals surface area contributed by atoms with Crippen LogP contribution < -0.4 is 4.74 Å². The van der Waals surface area contributed by atoms with Gasteiger partial charge < -0.3 is 14.2 Å². The van der Waals surface area contributed by atoms with Crippen molar-refractivity contribution in [2.24, 2.45) is 0 Å². The zero-order valence-electron chi connectivity index (χ0n) is 12.4. The Labute approximate surface area is 124 Å². The van der Waals surface area contributed by atoms with E-state index in [1.807, 2.05) is 30.3 Å². The van der Waals surface area contributed by atoms with Crippen LogP contribution >= 0.6 is 0 Å². The van der Waals surface area contributed by atoms with Crippen molar-refractivity contribution < 1.29 is 14.1 Å². The molecule has 1 aromatic carbocycles. The minimum Gasteiger partial charge on any atom is -0.471 e. The fourth-order valence-electron chi connectivity index (χ4n) is 1.84. The molecule has 0 saturated carbocycles. The van der Waals surface area contributed by atoms with Gasteiger partial charge in [0.15, 0.2) is 0 Å². The van der Waals surface area contributed by atoms with E-state index in [1.165, 1.54) is 6.07 Å². The molecule has 2 aromatic rings. The van der Waals surface area contributed by atoms with Gasteiger partial charge in [0.25, 0.3) is 11.8 Å². The number of unbranched alkanes of at least 4 members (excludes halogenated alkanes) is 1. The van der Waals surface area contributed by atoms with Crippen LogP contribution in [-0.2, 0) is 6.61 Å². The first-order valence-corrected chi connectivity index (χ1v) is 7.09. The molecule has 112 valence electrons. The molecule has 0 atom stereocenters. The van der Waals surface area contributed by atoms with Crippen LogP contribution in [0, 0.1) is 0 Å². The summed E-state index contributed by atoms with van der Waals surface area (Å²) in [6, 6.07) is 11.3. The predicted molar refractivity (Wildman–Crippen MR) is 79.1 cm³/mol. The van der Waals surface area contributed by atoms with Gasteiger partial charge in [-0.25, -0.2) is 0 Å². The van der Waals surface area contributed by atoms with E-state index in [9.17, 15) is 4.79 Å². The maximum absolute atomic E-state index is 12.1. The fourth-order valence-corrected chi connectivity index (χ4v) is 1.84. The van der Waals surface area contributed by atoms with Crippen molar-refractivity contribution in [3.8, 4) is 5.88 Å². The summed E-state index contributed by atoms with van der Waals surface area (Å²) < 4.78 is 10.6. The van der Waals surface area contributed by atoms with Gasteiger partial charge in [0.1, 0.15) is 6.61 Å². The lowest BCUT2D eigenvalue weighted by Crippen LogP contribution is -2.27. The normalized spacial score (nSPS) is 10.4. The summed E-state index contributed by atoms with van der Waals surface area (Å²) in [7, 11) is 1.75. The average Bonchev–Trinajstić information content (AvgIpc) is 2.99. The summed E-state index contributed by atoms with van der Waals surface area (Å²) >= 11 is 0. The third kappa shape index (κ3) is 4.34. The van der Waals surface area contributed by atoms with Crippen molar-refractivity contribution >= 4 is 5.91 Å². The van der Waals surface area contributed by atoms with Gasteiger partial charge in [-0.15, -0.1) is 0 Å². The highest BCUT2D eigenvalue weighted by atomic mass is 16.5. The fraction of sp³-hybridized carbons (Fsp3) is 0.375. The molecule has 0 aliphatic rings. The van der Waals surface area contributed by atoms with Crippen molar-refractivity contribution in [1.29, 1.82) is 0 Å². The number of nitrogens with zero attached hydrogens (tertiary/aromatic N) is 2. The minimum atomic E-state index is -0.175.